The maximum absolute atomic E-state index is 9.41. The number of hydrogen-bond acceptors (Lipinski definition) is 4. The van der Waals surface area contributed by atoms with E-state index in [-0.39, 0.29) is 36.0 Å². The van der Waals surface area contributed by atoms with Gasteiger partial charge in [0.2, 0.25) is 0 Å². The largest absolute Gasteiger partial charge is 0.490 e. The van der Waals surface area contributed by atoms with Gasteiger partial charge < -0.3 is 25.2 Å². The van der Waals surface area contributed by atoms with Crippen LogP contribution in [0.5, 0.6) is 11.5 Å². The summed E-state index contributed by atoms with van der Waals surface area (Å²) in [7, 11) is 0. The van der Waals surface area contributed by atoms with Gasteiger partial charge in [-0.2, -0.15) is 0 Å². The van der Waals surface area contributed by atoms with Crippen molar-refractivity contribution in [2.75, 3.05) is 38.2 Å². The third kappa shape index (κ3) is 4.89. The van der Waals surface area contributed by atoms with Crippen LogP contribution < -0.4 is 20.1 Å². The van der Waals surface area contributed by atoms with Crippen molar-refractivity contribution in [3.8, 4) is 11.5 Å². The number of aliphatic imine (C=N–C) groups is 1. The zero-order chi connectivity index (χ0) is 16.1. The molecule has 7 heteroatoms. The molecule has 6 nitrogen and oxygen atoms in total. The number of rotatable bonds is 5. The normalized spacial score (nSPS) is 18.2. The molecule has 134 valence electrons. The highest BCUT2D eigenvalue weighted by Crippen LogP contribution is 2.45. The summed E-state index contributed by atoms with van der Waals surface area (Å²) in [5, 5.41) is 15.9. The second-order valence-electron chi connectivity index (χ2n) is 6.19. The Labute approximate surface area is 160 Å². The fourth-order valence-electron chi connectivity index (χ4n) is 2.47. The van der Waals surface area contributed by atoms with Crippen LogP contribution in [0.25, 0.3) is 0 Å². The second-order valence-corrected chi connectivity index (χ2v) is 6.19. The molecule has 1 fully saturated rings. The van der Waals surface area contributed by atoms with Gasteiger partial charge in [-0.3, -0.25) is 4.99 Å². The van der Waals surface area contributed by atoms with E-state index < -0.39 is 0 Å². The molecule has 1 aliphatic heterocycles. The summed E-state index contributed by atoms with van der Waals surface area (Å²) in [6, 6.07) is 5.81. The predicted molar refractivity (Wildman–Crippen MR) is 106 cm³/mol. The molecule has 1 aromatic carbocycles. The molecule has 3 N–H and O–H groups in total. The lowest BCUT2D eigenvalue weighted by Crippen LogP contribution is -2.31. The summed E-state index contributed by atoms with van der Waals surface area (Å²) >= 11 is 0. The number of nitrogens with one attached hydrogen (secondary N) is 2. The van der Waals surface area contributed by atoms with Crippen LogP contribution in [0.2, 0.25) is 0 Å². The van der Waals surface area contributed by atoms with Crippen LogP contribution in [-0.2, 0) is 0 Å². The molecule has 0 bridgehead atoms. The third-order valence-electron chi connectivity index (χ3n) is 4.22. The molecule has 0 aromatic heterocycles. The van der Waals surface area contributed by atoms with Gasteiger partial charge in [0.15, 0.2) is 17.5 Å². The monoisotopic (exact) mass is 447 g/mol. The van der Waals surface area contributed by atoms with E-state index in [0.29, 0.717) is 19.8 Å². The van der Waals surface area contributed by atoms with Gasteiger partial charge in [-0.1, -0.05) is 0 Å². The van der Waals surface area contributed by atoms with E-state index in [1.54, 1.807) is 0 Å². The van der Waals surface area contributed by atoms with E-state index in [0.717, 1.165) is 49.0 Å². The van der Waals surface area contributed by atoms with Crippen molar-refractivity contribution in [2.45, 2.75) is 26.2 Å². The standard InChI is InChI=1S/C17H25N3O3.HI/c1-2-18-16(19-11-17(12-21)6-7-17)20-13-4-5-14-15(10-13)23-9-3-8-22-14;/h4-5,10,21H,2-3,6-9,11-12H2,1H3,(H2,18,19,20);1H. The van der Waals surface area contributed by atoms with Crippen molar-refractivity contribution in [1.82, 2.24) is 5.32 Å². The fourth-order valence-corrected chi connectivity index (χ4v) is 2.47. The molecule has 0 amide bonds. The van der Waals surface area contributed by atoms with E-state index in [4.69, 9.17) is 9.47 Å². The number of aliphatic hydroxyl groups is 1. The molecule has 0 unspecified atom stereocenters. The van der Waals surface area contributed by atoms with Crippen LogP contribution in [-0.4, -0.2) is 44.0 Å². The number of anilines is 1. The van der Waals surface area contributed by atoms with Gasteiger partial charge in [-0.25, -0.2) is 0 Å². The van der Waals surface area contributed by atoms with Gasteiger partial charge in [0.1, 0.15) is 0 Å². The van der Waals surface area contributed by atoms with E-state index in [9.17, 15) is 5.11 Å². The molecule has 1 saturated carbocycles. The van der Waals surface area contributed by atoms with Crippen LogP contribution in [0.15, 0.2) is 23.2 Å². The van der Waals surface area contributed by atoms with Crippen LogP contribution in [0.3, 0.4) is 0 Å². The van der Waals surface area contributed by atoms with Crippen molar-refractivity contribution in [3.05, 3.63) is 18.2 Å². The number of aliphatic hydroxyl groups excluding tert-OH is 1. The summed E-state index contributed by atoms with van der Waals surface area (Å²) in [4.78, 5) is 4.61. The first kappa shape index (κ1) is 19.1. The number of halogens is 1. The van der Waals surface area contributed by atoms with E-state index >= 15 is 0 Å². The molecular weight excluding hydrogens is 421 g/mol. The van der Waals surface area contributed by atoms with Crippen LogP contribution >= 0.6 is 24.0 Å². The highest BCUT2D eigenvalue weighted by molar-refractivity contribution is 14.0. The van der Waals surface area contributed by atoms with Gasteiger partial charge in [0, 0.05) is 30.1 Å². The van der Waals surface area contributed by atoms with Crippen molar-refractivity contribution in [3.63, 3.8) is 0 Å². The highest BCUT2D eigenvalue weighted by atomic mass is 127. The first-order valence-electron chi connectivity index (χ1n) is 8.30. The molecule has 1 heterocycles. The lowest BCUT2D eigenvalue weighted by molar-refractivity contribution is 0.217. The third-order valence-corrected chi connectivity index (χ3v) is 4.22. The number of ether oxygens (including phenoxy) is 2. The average Bonchev–Trinajstić information content (AvgIpc) is 3.37. The summed E-state index contributed by atoms with van der Waals surface area (Å²) in [5.74, 6) is 2.27. The van der Waals surface area contributed by atoms with Gasteiger partial charge in [-0.15, -0.1) is 24.0 Å². The Bertz CT molecular complexity index is 576. The van der Waals surface area contributed by atoms with Crippen molar-refractivity contribution < 1.29 is 14.6 Å². The van der Waals surface area contributed by atoms with Crippen molar-refractivity contribution in [1.29, 1.82) is 0 Å². The molecule has 1 aliphatic carbocycles. The minimum Gasteiger partial charge on any atom is -0.490 e. The Morgan fingerprint density at radius 2 is 2.00 bits per heavy atom. The van der Waals surface area contributed by atoms with Crippen LogP contribution in [0, 0.1) is 5.41 Å². The Morgan fingerprint density at radius 1 is 1.25 bits per heavy atom. The second kappa shape index (κ2) is 8.75. The number of benzene rings is 1. The fraction of sp³-hybridized carbons (Fsp3) is 0.588. The average molecular weight is 447 g/mol. The number of hydrogen-bond donors (Lipinski definition) is 3. The zero-order valence-corrected chi connectivity index (χ0v) is 16.3. The van der Waals surface area contributed by atoms with E-state index in [1.165, 1.54) is 0 Å². The summed E-state index contributed by atoms with van der Waals surface area (Å²) in [6.45, 7) is 5.02. The van der Waals surface area contributed by atoms with Gasteiger partial charge in [0.25, 0.3) is 0 Å². The summed E-state index contributed by atoms with van der Waals surface area (Å²) < 4.78 is 11.4. The quantitative estimate of drug-likeness (QED) is 0.368. The van der Waals surface area contributed by atoms with Gasteiger partial charge in [0.05, 0.1) is 26.4 Å². The maximum Gasteiger partial charge on any atom is 0.195 e. The van der Waals surface area contributed by atoms with Crippen molar-refractivity contribution >= 4 is 35.6 Å². The maximum atomic E-state index is 9.41. The van der Waals surface area contributed by atoms with Gasteiger partial charge in [-0.05, 0) is 31.9 Å². The first-order chi connectivity index (χ1) is 11.2. The Kier molecular flexibility index (Phi) is 6.97. The minimum absolute atomic E-state index is 0. The van der Waals surface area contributed by atoms with Crippen molar-refractivity contribution in [2.24, 2.45) is 10.4 Å². The lowest BCUT2D eigenvalue weighted by Gasteiger charge is -2.15. The van der Waals surface area contributed by atoms with E-state index in [1.807, 2.05) is 25.1 Å². The molecule has 0 spiro atoms. The predicted octanol–water partition coefficient (Wildman–Crippen LogP) is 2.62. The highest BCUT2D eigenvalue weighted by Gasteiger charge is 2.41. The number of guanidine groups is 1. The molecule has 24 heavy (non-hydrogen) atoms. The van der Waals surface area contributed by atoms with Crippen LogP contribution in [0.1, 0.15) is 26.2 Å². The molecule has 2 aliphatic rings. The molecule has 1 aromatic rings. The summed E-state index contributed by atoms with van der Waals surface area (Å²) in [5.41, 5.74) is 0.912. The topological polar surface area (TPSA) is 75.1 Å². The zero-order valence-electron chi connectivity index (χ0n) is 14.0. The molecule has 0 radical (unpaired) electrons. The minimum atomic E-state index is 0. The number of nitrogens with zero attached hydrogens (tertiary/aromatic N) is 1. The van der Waals surface area contributed by atoms with E-state index in [2.05, 4.69) is 15.6 Å². The molecule has 3 rings (SSSR count). The first-order valence-corrected chi connectivity index (χ1v) is 8.30. The molecular formula is C17H26IN3O3. The smallest absolute Gasteiger partial charge is 0.195 e. The molecule has 0 saturated heterocycles. The summed E-state index contributed by atoms with van der Waals surface area (Å²) in [6.07, 6.45) is 3.00. The van der Waals surface area contributed by atoms with Crippen LogP contribution in [0.4, 0.5) is 5.69 Å². The SMILES string of the molecule is CCNC(=NCC1(CO)CC1)Nc1ccc2c(c1)OCCCO2.I. The lowest BCUT2D eigenvalue weighted by atomic mass is 10.1. The number of fused-ring (bicyclic) bond motifs is 1. The van der Waals surface area contributed by atoms with Gasteiger partial charge >= 0.3 is 0 Å². The Morgan fingerprint density at radius 3 is 2.67 bits per heavy atom. The Balaban J connectivity index is 0.00000208. The molecule has 0 atom stereocenters. The Hall–Kier alpha value is -1.22.